The third-order valence-electron chi connectivity index (χ3n) is 3.08. The molecule has 7 heteroatoms. The van der Waals surface area contributed by atoms with Gasteiger partial charge >= 0.3 is 0 Å². The normalized spacial score (nSPS) is 17.0. The zero-order valence-corrected chi connectivity index (χ0v) is 12.3. The lowest BCUT2D eigenvalue weighted by atomic mass is 10.1. The Kier molecular flexibility index (Phi) is 3.13. The zero-order valence-electron chi connectivity index (χ0n) is 11.5. The summed E-state index contributed by atoms with van der Waals surface area (Å²) in [5, 5.41) is 6.65. The van der Waals surface area contributed by atoms with Crippen LogP contribution in [0.25, 0.3) is 4.91 Å². The fraction of sp³-hybridized carbons (Fsp3) is 0.143. The molecule has 108 valence electrons. The molecule has 0 unspecified atom stereocenters. The highest BCUT2D eigenvalue weighted by Gasteiger charge is 2.31. The Bertz CT molecular complexity index is 849. The molecule has 21 heavy (non-hydrogen) atoms. The predicted octanol–water partition coefficient (Wildman–Crippen LogP) is 2.57. The molecule has 2 heterocycles. The number of aryl methyl sites for hydroxylation is 1. The first-order chi connectivity index (χ1) is 9.97. The van der Waals surface area contributed by atoms with Crippen LogP contribution in [0, 0.1) is 6.92 Å². The molecule has 0 aliphatic carbocycles. The summed E-state index contributed by atoms with van der Waals surface area (Å²) in [6, 6.07) is 10.6. The molecule has 0 atom stereocenters. The second-order valence-corrected chi connectivity index (χ2v) is 6.22. The van der Waals surface area contributed by atoms with Gasteiger partial charge in [0.15, 0.2) is 5.82 Å². The first-order valence-corrected chi connectivity index (χ1v) is 7.73. The van der Waals surface area contributed by atoms with Gasteiger partial charge in [-0.3, -0.25) is 0 Å². The minimum absolute atomic E-state index is 0.214. The van der Waals surface area contributed by atoms with Gasteiger partial charge < -0.3 is 9.84 Å². The van der Waals surface area contributed by atoms with Crippen molar-refractivity contribution in [1.82, 2.24) is 5.16 Å². The number of sulfonamides is 1. The topological polar surface area (TPSA) is 84.6 Å². The molecule has 0 spiro atoms. The Hall–Kier alpha value is -2.41. The quantitative estimate of drug-likeness (QED) is 0.921. The standard InChI is InChI=1S/C14H13N3O3S/c1-9-8-12(16-20-9)15-14-10(2)13(21(18,19)17-14)11-6-4-3-5-7-11/h3-8H,1-2H3,(H,15,16,17). The molecule has 0 saturated heterocycles. The van der Waals surface area contributed by atoms with Gasteiger partial charge in [0, 0.05) is 11.6 Å². The number of hydrogen-bond donors (Lipinski definition) is 1. The Balaban J connectivity index is 2.02. The SMILES string of the molecule is CC1=C(c2ccccc2)S(=O)(=O)N=C1Nc1cc(C)on1. The summed E-state index contributed by atoms with van der Waals surface area (Å²) >= 11 is 0. The number of anilines is 1. The van der Waals surface area contributed by atoms with Crippen molar-refractivity contribution in [3.8, 4) is 0 Å². The lowest BCUT2D eigenvalue weighted by Crippen LogP contribution is -2.11. The zero-order chi connectivity index (χ0) is 15.0. The summed E-state index contributed by atoms with van der Waals surface area (Å²) in [4.78, 5) is 0.214. The van der Waals surface area contributed by atoms with Crippen LogP contribution in [0.2, 0.25) is 0 Å². The third-order valence-corrected chi connectivity index (χ3v) is 4.56. The largest absolute Gasteiger partial charge is 0.360 e. The molecule has 1 aliphatic rings. The highest BCUT2D eigenvalue weighted by atomic mass is 32.2. The number of hydrogen-bond acceptors (Lipinski definition) is 5. The van der Waals surface area contributed by atoms with Crippen molar-refractivity contribution in [3.05, 3.63) is 53.3 Å². The van der Waals surface area contributed by atoms with Crippen LogP contribution >= 0.6 is 0 Å². The van der Waals surface area contributed by atoms with Crippen molar-refractivity contribution in [2.45, 2.75) is 13.8 Å². The Morgan fingerprint density at radius 1 is 1.14 bits per heavy atom. The maximum atomic E-state index is 12.2. The Labute approximate surface area is 122 Å². The number of benzene rings is 1. The first kappa shape index (κ1) is 13.6. The lowest BCUT2D eigenvalue weighted by molar-refractivity contribution is 0.400. The summed E-state index contributed by atoms with van der Waals surface area (Å²) in [7, 11) is -3.71. The maximum absolute atomic E-state index is 12.2. The molecule has 1 N–H and O–H groups in total. The molecule has 0 saturated carbocycles. The summed E-state index contributed by atoms with van der Waals surface area (Å²) in [5.41, 5.74) is 1.17. The molecule has 1 aromatic carbocycles. The van der Waals surface area contributed by atoms with E-state index in [1.165, 1.54) is 0 Å². The van der Waals surface area contributed by atoms with Gasteiger partial charge in [-0.25, -0.2) is 0 Å². The number of aromatic nitrogens is 1. The number of nitrogens with one attached hydrogen (secondary N) is 1. The third kappa shape index (κ3) is 2.47. The molecule has 1 aromatic heterocycles. The van der Waals surface area contributed by atoms with Gasteiger partial charge in [-0.15, -0.1) is 4.40 Å². The van der Waals surface area contributed by atoms with Crippen LogP contribution in [-0.2, 0) is 10.0 Å². The van der Waals surface area contributed by atoms with E-state index in [1.54, 1.807) is 44.2 Å². The minimum Gasteiger partial charge on any atom is -0.360 e. The second kappa shape index (κ2) is 4.85. The molecular formula is C14H13N3O3S. The van der Waals surface area contributed by atoms with Gasteiger partial charge in [-0.1, -0.05) is 35.5 Å². The van der Waals surface area contributed by atoms with E-state index in [4.69, 9.17) is 4.52 Å². The van der Waals surface area contributed by atoms with Gasteiger partial charge in [0.25, 0.3) is 10.0 Å². The second-order valence-electron chi connectivity index (χ2n) is 4.68. The average Bonchev–Trinajstić information content (AvgIpc) is 2.93. The van der Waals surface area contributed by atoms with Gasteiger partial charge in [-0.05, 0) is 19.4 Å². The van der Waals surface area contributed by atoms with Crippen LogP contribution < -0.4 is 5.32 Å². The van der Waals surface area contributed by atoms with Crippen molar-refractivity contribution in [1.29, 1.82) is 0 Å². The van der Waals surface area contributed by atoms with Gasteiger partial charge in [-0.2, -0.15) is 8.42 Å². The molecule has 2 aromatic rings. The molecule has 0 amide bonds. The van der Waals surface area contributed by atoms with E-state index in [0.717, 1.165) is 0 Å². The van der Waals surface area contributed by atoms with Crippen molar-refractivity contribution in [2.24, 2.45) is 4.40 Å². The minimum atomic E-state index is -3.71. The van der Waals surface area contributed by atoms with Gasteiger partial charge in [0.2, 0.25) is 0 Å². The highest BCUT2D eigenvalue weighted by molar-refractivity contribution is 8.00. The summed E-state index contributed by atoms with van der Waals surface area (Å²) in [5.74, 6) is 1.32. The summed E-state index contributed by atoms with van der Waals surface area (Å²) < 4.78 is 33.2. The highest BCUT2D eigenvalue weighted by Crippen LogP contribution is 2.32. The van der Waals surface area contributed by atoms with E-state index in [-0.39, 0.29) is 10.7 Å². The van der Waals surface area contributed by atoms with E-state index >= 15 is 0 Å². The lowest BCUT2D eigenvalue weighted by Gasteiger charge is -2.04. The smallest absolute Gasteiger partial charge is 0.285 e. The van der Waals surface area contributed by atoms with E-state index in [1.807, 2.05) is 6.07 Å². The molecule has 0 fully saturated rings. The molecular weight excluding hydrogens is 290 g/mol. The van der Waals surface area contributed by atoms with Crippen molar-refractivity contribution in [2.75, 3.05) is 5.32 Å². The van der Waals surface area contributed by atoms with Crippen molar-refractivity contribution >= 4 is 26.6 Å². The van der Waals surface area contributed by atoms with Crippen LogP contribution in [0.1, 0.15) is 18.2 Å². The molecule has 3 rings (SSSR count). The predicted molar refractivity (Wildman–Crippen MR) is 80.3 cm³/mol. The maximum Gasteiger partial charge on any atom is 0.285 e. The molecule has 6 nitrogen and oxygen atoms in total. The fourth-order valence-electron chi connectivity index (χ4n) is 2.15. The molecule has 0 radical (unpaired) electrons. The number of amidine groups is 1. The van der Waals surface area contributed by atoms with E-state index in [0.29, 0.717) is 22.7 Å². The number of rotatable bonds is 2. The van der Waals surface area contributed by atoms with Crippen molar-refractivity contribution in [3.63, 3.8) is 0 Å². The van der Waals surface area contributed by atoms with E-state index < -0.39 is 10.0 Å². The van der Waals surface area contributed by atoms with E-state index in [2.05, 4.69) is 14.9 Å². The van der Waals surface area contributed by atoms with Crippen LogP contribution in [0.3, 0.4) is 0 Å². The van der Waals surface area contributed by atoms with Crippen LogP contribution in [0.5, 0.6) is 0 Å². The Morgan fingerprint density at radius 2 is 1.86 bits per heavy atom. The average molecular weight is 303 g/mol. The monoisotopic (exact) mass is 303 g/mol. The summed E-state index contributed by atoms with van der Waals surface area (Å²) in [6.07, 6.45) is 0. The van der Waals surface area contributed by atoms with Crippen molar-refractivity contribution < 1.29 is 12.9 Å². The van der Waals surface area contributed by atoms with Gasteiger partial charge in [0.1, 0.15) is 16.5 Å². The molecule has 0 bridgehead atoms. The van der Waals surface area contributed by atoms with Crippen LogP contribution in [0.4, 0.5) is 5.82 Å². The van der Waals surface area contributed by atoms with Crippen LogP contribution in [0.15, 0.2) is 50.9 Å². The number of nitrogens with zero attached hydrogens (tertiary/aromatic N) is 2. The Morgan fingerprint density at radius 3 is 2.48 bits per heavy atom. The van der Waals surface area contributed by atoms with Gasteiger partial charge in [0.05, 0.1) is 0 Å². The van der Waals surface area contributed by atoms with E-state index in [9.17, 15) is 8.42 Å². The van der Waals surface area contributed by atoms with Crippen LogP contribution in [-0.4, -0.2) is 19.4 Å². The first-order valence-electron chi connectivity index (χ1n) is 6.29. The molecule has 1 aliphatic heterocycles. The fourth-order valence-corrected chi connectivity index (χ4v) is 3.59. The summed E-state index contributed by atoms with van der Waals surface area (Å²) in [6.45, 7) is 3.47.